The number of carbonyl (C=O) groups excluding carboxylic acids is 1. The maximum Gasteiger partial charge on any atom is 0.225 e. The number of amides is 1. The first-order valence-corrected chi connectivity index (χ1v) is 9.34. The van der Waals surface area contributed by atoms with Crippen LogP contribution in [0.2, 0.25) is 0 Å². The molecule has 1 amide bonds. The predicted molar refractivity (Wildman–Crippen MR) is 99.6 cm³/mol. The Balaban J connectivity index is 1.24. The number of carbonyl (C=O) groups is 1. The van der Waals surface area contributed by atoms with Crippen LogP contribution in [0.5, 0.6) is 0 Å². The second kappa shape index (κ2) is 7.98. The molecule has 2 aliphatic heterocycles. The van der Waals surface area contributed by atoms with Gasteiger partial charge in [0.05, 0.1) is 19.1 Å². The third kappa shape index (κ3) is 4.11. The summed E-state index contributed by atoms with van der Waals surface area (Å²) in [6.07, 6.45) is 2.28. The van der Waals surface area contributed by atoms with Crippen LogP contribution >= 0.6 is 0 Å². The number of rotatable bonds is 5. The van der Waals surface area contributed by atoms with Gasteiger partial charge < -0.3 is 9.64 Å². The summed E-state index contributed by atoms with van der Waals surface area (Å²) < 4.78 is 5.85. The van der Waals surface area contributed by atoms with E-state index in [1.54, 1.807) is 0 Å². The van der Waals surface area contributed by atoms with Crippen LogP contribution in [0.15, 0.2) is 54.7 Å². The molecule has 26 heavy (non-hydrogen) atoms. The SMILES string of the molecule is O=C(C[C@@H]1CN(Cc2ccccc2)CCO1)N1CC(c2ccccn2)C1. The summed E-state index contributed by atoms with van der Waals surface area (Å²) in [5, 5.41) is 0. The summed E-state index contributed by atoms with van der Waals surface area (Å²) >= 11 is 0. The van der Waals surface area contributed by atoms with Gasteiger partial charge in [0.1, 0.15) is 0 Å². The highest BCUT2D eigenvalue weighted by Crippen LogP contribution is 2.26. The van der Waals surface area contributed by atoms with E-state index in [9.17, 15) is 4.79 Å². The molecule has 0 bridgehead atoms. The van der Waals surface area contributed by atoms with Crippen LogP contribution < -0.4 is 0 Å². The minimum atomic E-state index is -0.00568. The first-order valence-electron chi connectivity index (χ1n) is 9.34. The van der Waals surface area contributed by atoms with Gasteiger partial charge in [0, 0.05) is 50.5 Å². The van der Waals surface area contributed by atoms with Crippen molar-refractivity contribution in [1.82, 2.24) is 14.8 Å². The zero-order chi connectivity index (χ0) is 17.8. The van der Waals surface area contributed by atoms with Crippen LogP contribution in [0.25, 0.3) is 0 Å². The molecule has 1 aromatic carbocycles. The molecule has 2 aromatic rings. The van der Waals surface area contributed by atoms with E-state index in [2.05, 4.69) is 34.1 Å². The predicted octanol–water partition coefficient (Wildman–Crippen LogP) is 2.30. The van der Waals surface area contributed by atoms with E-state index in [0.717, 1.165) is 38.4 Å². The lowest BCUT2D eigenvalue weighted by molar-refractivity contribution is -0.140. The number of benzene rings is 1. The summed E-state index contributed by atoms with van der Waals surface area (Å²) in [4.78, 5) is 21.2. The average Bonchev–Trinajstić information content (AvgIpc) is 2.62. The molecule has 1 aromatic heterocycles. The Morgan fingerprint density at radius 2 is 1.88 bits per heavy atom. The van der Waals surface area contributed by atoms with Crippen molar-refractivity contribution in [3.05, 3.63) is 66.0 Å². The Morgan fingerprint density at radius 3 is 2.65 bits per heavy atom. The number of likely N-dealkylation sites (tertiary alicyclic amines) is 1. The summed E-state index contributed by atoms with van der Waals surface area (Å²) in [5.74, 6) is 0.575. The fourth-order valence-electron chi connectivity index (χ4n) is 3.70. The Bertz CT molecular complexity index is 717. The van der Waals surface area contributed by atoms with Crippen molar-refractivity contribution >= 4 is 5.91 Å². The summed E-state index contributed by atoms with van der Waals surface area (Å²) in [6, 6.07) is 16.4. The molecule has 0 saturated carbocycles. The number of pyridine rings is 1. The van der Waals surface area contributed by atoms with Gasteiger partial charge in [0.2, 0.25) is 5.91 Å². The molecule has 5 heteroatoms. The maximum atomic E-state index is 12.5. The van der Waals surface area contributed by atoms with Gasteiger partial charge in [-0.1, -0.05) is 36.4 Å². The summed E-state index contributed by atoms with van der Waals surface area (Å²) in [5.41, 5.74) is 2.39. The average molecular weight is 351 g/mol. The van der Waals surface area contributed by atoms with Gasteiger partial charge in [0.15, 0.2) is 0 Å². The van der Waals surface area contributed by atoms with Crippen LogP contribution in [-0.2, 0) is 16.1 Å². The molecular formula is C21H25N3O2. The van der Waals surface area contributed by atoms with Crippen molar-refractivity contribution in [2.45, 2.75) is 25.0 Å². The van der Waals surface area contributed by atoms with Crippen molar-refractivity contribution in [2.75, 3.05) is 32.8 Å². The quantitative estimate of drug-likeness (QED) is 0.829. The van der Waals surface area contributed by atoms with Gasteiger partial charge in [0.25, 0.3) is 0 Å². The third-order valence-corrected chi connectivity index (χ3v) is 5.21. The lowest BCUT2D eigenvalue weighted by Crippen LogP contribution is -2.51. The van der Waals surface area contributed by atoms with Crippen molar-refractivity contribution in [2.24, 2.45) is 0 Å². The summed E-state index contributed by atoms with van der Waals surface area (Å²) in [6.45, 7) is 4.90. The maximum absolute atomic E-state index is 12.5. The molecule has 136 valence electrons. The van der Waals surface area contributed by atoms with Crippen molar-refractivity contribution in [3.63, 3.8) is 0 Å². The molecule has 2 saturated heterocycles. The molecule has 3 heterocycles. The van der Waals surface area contributed by atoms with Gasteiger partial charge in [-0.15, -0.1) is 0 Å². The van der Waals surface area contributed by atoms with Crippen LogP contribution in [0.3, 0.4) is 0 Å². The van der Waals surface area contributed by atoms with Crippen LogP contribution in [-0.4, -0.2) is 59.6 Å². The van der Waals surface area contributed by atoms with E-state index < -0.39 is 0 Å². The number of ether oxygens (including phenoxy) is 1. The van der Waals surface area contributed by atoms with Gasteiger partial charge >= 0.3 is 0 Å². The van der Waals surface area contributed by atoms with Crippen LogP contribution in [0, 0.1) is 0 Å². The van der Waals surface area contributed by atoms with E-state index in [4.69, 9.17) is 4.74 Å². The normalized spacial score (nSPS) is 21.4. The molecule has 0 N–H and O–H groups in total. The minimum absolute atomic E-state index is 0.00568. The third-order valence-electron chi connectivity index (χ3n) is 5.21. The largest absolute Gasteiger partial charge is 0.375 e. The smallest absolute Gasteiger partial charge is 0.225 e. The van der Waals surface area contributed by atoms with Gasteiger partial charge in [-0.05, 0) is 17.7 Å². The first-order chi connectivity index (χ1) is 12.8. The summed E-state index contributed by atoms with van der Waals surface area (Å²) in [7, 11) is 0. The topological polar surface area (TPSA) is 45.7 Å². The highest BCUT2D eigenvalue weighted by molar-refractivity contribution is 5.77. The molecule has 0 unspecified atom stereocenters. The molecule has 0 radical (unpaired) electrons. The lowest BCUT2D eigenvalue weighted by Gasteiger charge is -2.40. The molecule has 0 aliphatic carbocycles. The number of hydrogen-bond acceptors (Lipinski definition) is 4. The molecule has 2 fully saturated rings. The van der Waals surface area contributed by atoms with Gasteiger partial charge in [-0.3, -0.25) is 14.7 Å². The second-order valence-electron chi connectivity index (χ2n) is 7.17. The molecule has 1 atom stereocenters. The van der Waals surface area contributed by atoms with E-state index in [1.807, 2.05) is 35.4 Å². The standard InChI is InChI=1S/C21H25N3O2/c25-21(24-14-18(15-24)20-8-4-5-9-22-20)12-19-16-23(10-11-26-19)13-17-6-2-1-3-7-17/h1-9,18-19H,10-16H2/t19-/m1/s1. The lowest BCUT2D eigenvalue weighted by atomic mass is 9.95. The fourth-order valence-corrected chi connectivity index (χ4v) is 3.70. The fraction of sp³-hybridized carbons (Fsp3) is 0.429. The monoisotopic (exact) mass is 351 g/mol. The van der Waals surface area contributed by atoms with Crippen molar-refractivity contribution in [1.29, 1.82) is 0 Å². The van der Waals surface area contributed by atoms with E-state index in [-0.39, 0.29) is 12.0 Å². The molecular weight excluding hydrogens is 326 g/mol. The van der Waals surface area contributed by atoms with Gasteiger partial charge in [-0.2, -0.15) is 0 Å². The number of aromatic nitrogens is 1. The minimum Gasteiger partial charge on any atom is -0.375 e. The van der Waals surface area contributed by atoms with Crippen molar-refractivity contribution < 1.29 is 9.53 Å². The number of morpholine rings is 1. The highest BCUT2D eigenvalue weighted by Gasteiger charge is 2.34. The molecule has 4 rings (SSSR count). The first kappa shape index (κ1) is 17.2. The number of nitrogens with zero attached hydrogens (tertiary/aromatic N) is 3. The Kier molecular flexibility index (Phi) is 5.27. The van der Waals surface area contributed by atoms with Crippen LogP contribution in [0.4, 0.5) is 0 Å². The van der Waals surface area contributed by atoms with E-state index >= 15 is 0 Å². The molecule has 5 nitrogen and oxygen atoms in total. The van der Waals surface area contributed by atoms with E-state index in [0.29, 0.717) is 18.9 Å². The zero-order valence-electron chi connectivity index (χ0n) is 15.0. The molecule has 2 aliphatic rings. The molecule has 0 spiro atoms. The highest BCUT2D eigenvalue weighted by atomic mass is 16.5. The van der Waals surface area contributed by atoms with E-state index in [1.165, 1.54) is 5.56 Å². The second-order valence-corrected chi connectivity index (χ2v) is 7.17. The Hall–Kier alpha value is -2.24. The zero-order valence-corrected chi connectivity index (χ0v) is 15.0. The number of hydrogen-bond donors (Lipinski definition) is 0. The van der Waals surface area contributed by atoms with Gasteiger partial charge in [-0.25, -0.2) is 0 Å². The Morgan fingerprint density at radius 1 is 1.08 bits per heavy atom. The Labute approximate surface area is 154 Å². The van der Waals surface area contributed by atoms with Crippen molar-refractivity contribution in [3.8, 4) is 0 Å². The van der Waals surface area contributed by atoms with Crippen LogP contribution in [0.1, 0.15) is 23.6 Å².